The van der Waals surface area contributed by atoms with Gasteiger partial charge in [-0.05, 0) is 29.7 Å². The van der Waals surface area contributed by atoms with Gasteiger partial charge in [-0.15, -0.1) is 0 Å². The van der Waals surface area contributed by atoms with Gasteiger partial charge in [-0.2, -0.15) is 9.50 Å². The molecule has 0 spiro atoms. The van der Waals surface area contributed by atoms with Crippen molar-refractivity contribution in [2.75, 3.05) is 43.5 Å². The van der Waals surface area contributed by atoms with Crippen LogP contribution in [0.5, 0.6) is 5.75 Å². The molecule has 9 nitrogen and oxygen atoms in total. The monoisotopic (exact) mass is 473 g/mol. The summed E-state index contributed by atoms with van der Waals surface area (Å²) >= 11 is 0. The molecule has 2 aromatic heterocycles. The molecule has 5 rings (SSSR count). The smallest absolute Gasteiger partial charge is 0.274 e. The van der Waals surface area contributed by atoms with E-state index in [2.05, 4.69) is 67.4 Å². The van der Waals surface area contributed by atoms with Crippen molar-refractivity contribution >= 4 is 17.4 Å². The van der Waals surface area contributed by atoms with Crippen molar-refractivity contribution in [3.8, 4) is 5.75 Å². The Morgan fingerprint density at radius 2 is 1.74 bits per heavy atom. The van der Waals surface area contributed by atoms with Crippen LogP contribution >= 0.6 is 0 Å². The molecule has 1 aliphatic rings. The van der Waals surface area contributed by atoms with E-state index in [1.807, 2.05) is 18.2 Å². The first-order chi connectivity index (χ1) is 17.1. The number of aryl methyl sites for hydroxylation is 1. The first-order valence-electron chi connectivity index (χ1n) is 12.0. The van der Waals surface area contributed by atoms with Crippen LogP contribution in [-0.4, -0.2) is 57.8 Å². The number of rotatable bonds is 8. The summed E-state index contributed by atoms with van der Waals surface area (Å²) in [5.74, 6) is 1.79. The van der Waals surface area contributed by atoms with Crippen LogP contribution in [-0.2, 0) is 19.5 Å². The Morgan fingerprint density at radius 1 is 1.00 bits per heavy atom. The third kappa shape index (κ3) is 5.14. The number of ether oxygens (including phenoxy) is 1. The van der Waals surface area contributed by atoms with Gasteiger partial charge in [0.1, 0.15) is 5.75 Å². The second-order valence-corrected chi connectivity index (χ2v) is 8.75. The van der Waals surface area contributed by atoms with E-state index in [9.17, 15) is 4.79 Å². The fraction of sp³-hybridized carbons (Fsp3) is 0.346. The van der Waals surface area contributed by atoms with Gasteiger partial charge in [-0.3, -0.25) is 14.8 Å². The molecule has 2 N–H and O–H groups in total. The van der Waals surface area contributed by atoms with Gasteiger partial charge < -0.3 is 15.0 Å². The molecule has 0 amide bonds. The number of hydrogen-bond acceptors (Lipinski definition) is 7. The highest BCUT2D eigenvalue weighted by Crippen LogP contribution is 2.28. The number of piperazine rings is 1. The average Bonchev–Trinajstić information content (AvgIpc) is 3.32. The Labute approximate surface area is 204 Å². The Bertz CT molecular complexity index is 1340. The minimum Gasteiger partial charge on any atom is -0.495 e. The van der Waals surface area contributed by atoms with Crippen LogP contribution in [0.4, 0.5) is 11.6 Å². The maximum absolute atomic E-state index is 12.7. The fourth-order valence-electron chi connectivity index (χ4n) is 4.43. The molecule has 1 aliphatic heterocycles. The maximum atomic E-state index is 12.7. The van der Waals surface area contributed by atoms with Crippen molar-refractivity contribution in [1.82, 2.24) is 24.5 Å². The second-order valence-electron chi connectivity index (χ2n) is 8.75. The van der Waals surface area contributed by atoms with Crippen LogP contribution in [0, 0.1) is 0 Å². The summed E-state index contributed by atoms with van der Waals surface area (Å²) in [5.41, 5.74) is 4.14. The van der Waals surface area contributed by atoms with E-state index in [4.69, 9.17) is 4.74 Å². The molecule has 3 heterocycles. The van der Waals surface area contributed by atoms with Gasteiger partial charge in [-0.1, -0.05) is 43.3 Å². The van der Waals surface area contributed by atoms with Crippen molar-refractivity contribution in [3.05, 3.63) is 81.8 Å². The van der Waals surface area contributed by atoms with Crippen LogP contribution in [0.15, 0.2) is 59.4 Å². The number of para-hydroxylation sites is 2. The molecule has 0 saturated carbocycles. The van der Waals surface area contributed by atoms with E-state index in [-0.39, 0.29) is 5.56 Å². The van der Waals surface area contributed by atoms with E-state index in [0.717, 1.165) is 55.3 Å². The van der Waals surface area contributed by atoms with Gasteiger partial charge in [0.25, 0.3) is 11.3 Å². The zero-order chi connectivity index (χ0) is 24.2. The van der Waals surface area contributed by atoms with Gasteiger partial charge in [0.05, 0.1) is 18.5 Å². The largest absolute Gasteiger partial charge is 0.495 e. The van der Waals surface area contributed by atoms with E-state index < -0.39 is 0 Å². The first-order valence-corrected chi connectivity index (χ1v) is 12.0. The fourth-order valence-corrected chi connectivity index (χ4v) is 4.43. The summed E-state index contributed by atoms with van der Waals surface area (Å²) in [4.78, 5) is 26.5. The first kappa shape index (κ1) is 22.9. The average molecular weight is 474 g/mol. The third-order valence-electron chi connectivity index (χ3n) is 6.46. The molecular weight excluding hydrogens is 442 g/mol. The molecule has 0 radical (unpaired) electrons. The summed E-state index contributed by atoms with van der Waals surface area (Å²) in [6.07, 6.45) is 1.02. The quantitative estimate of drug-likeness (QED) is 0.407. The van der Waals surface area contributed by atoms with Crippen molar-refractivity contribution < 1.29 is 4.74 Å². The van der Waals surface area contributed by atoms with Crippen molar-refractivity contribution in [2.45, 2.75) is 26.4 Å². The molecule has 1 fully saturated rings. The lowest BCUT2D eigenvalue weighted by Gasteiger charge is -2.36. The number of aromatic amines is 1. The summed E-state index contributed by atoms with van der Waals surface area (Å²) < 4.78 is 6.89. The number of methoxy groups -OCH3 is 1. The summed E-state index contributed by atoms with van der Waals surface area (Å²) in [6.45, 7) is 6.90. The van der Waals surface area contributed by atoms with Gasteiger partial charge in [0, 0.05) is 45.3 Å². The summed E-state index contributed by atoms with van der Waals surface area (Å²) in [7, 11) is 1.70. The zero-order valence-corrected chi connectivity index (χ0v) is 20.2. The number of anilines is 2. The second kappa shape index (κ2) is 10.2. The predicted octanol–water partition coefficient (Wildman–Crippen LogP) is 2.92. The van der Waals surface area contributed by atoms with E-state index in [0.29, 0.717) is 24.8 Å². The molecule has 0 atom stereocenters. The molecule has 182 valence electrons. The summed E-state index contributed by atoms with van der Waals surface area (Å²) in [6, 6.07) is 18.1. The van der Waals surface area contributed by atoms with E-state index in [1.54, 1.807) is 13.2 Å². The van der Waals surface area contributed by atoms with Gasteiger partial charge in [0.2, 0.25) is 5.95 Å². The molecule has 4 aromatic rings. The van der Waals surface area contributed by atoms with Crippen LogP contribution in [0.3, 0.4) is 0 Å². The number of benzene rings is 2. The van der Waals surface area contributed by atoms with Crippen LogP contribution in [0.25, 0.3) is 5.78 Å². The maximum Gasteiger partial charge on any atom is 0.274 e. The minimum absolute atomic E-state index is 0.162. The highest BCUT2D eigenvalue weighted by atomic mass is 16.5. The lowest BCUT2D eigenvalue weighted by molar-refractivity contribution is 0.246. The topological polar surface area (TPSA) is 90.8 Å². The number of aromatic nitrogens is 4. The van der Waals surface area contributed by atoms with Crippen LogP contribution < -0.4 is 20.5 Å². The Balaban J connectivity index is 1.22. The van der Waals surface area contributed by atoms with Crippen molar-refractivity contribution in [2.24, 2.45) is 0 Å². The highest BCUT2D eigenvalue weighted by molar-refractivity contribution is 5.58. The zero-order valence-electron chi connectivity index (χ0n) is 20.2. The number of fused-ring (bicyclic) bond motifs is 1. The molecule has 0 bridgehead atoms. The van der Waals surface area contributed by atoms with Crippen LogP contribution in [0.2, 0.25) is 0 Å². The molecule has 0 unspecified atom stereocenters. The number of H-pyrrole nitrogens is 1. The Hall–Kier alpha value is -3.85. The Morgan fingerprint density at radius 3 is 2.49 bits per heavy atom. The molecule has 9 heteroatoms. The lowest BCUT2D eigenvalue weighted by Crippen LogP contribution is -2.46. The molecular formula is C26H31N7O2. The van der Waals surface area contributed by atoms with Crippen LogP contribution in [0.1, 0.15) is 23.7 Å². The van der Waals surface area contributed by atoms with E-state index in [1.165, 1.54) is 10.1 Å². The SMILES string of the molecule is CCc1ccc(CNc2nc3nc(CN4CCN(c5ccccc5OC)CC4)cc(=O)n3[nH]2)cc1. The minimum atomic E-state index is -0.162. The lowest BCUT2D eigenvalue weighted by atomic mass is 10.1. The predicted molar refractivity (Wildman–Crippen MR) is 137 cm³/mol. The molecule has 35 heavy (non-hydrogen) atoms. The molecule has 1 saturated heterocycles. The van der Waals surface area contributed by atoms with Crippen molar-refractivity contribution in [3.63, 3.8) is 0 Å². The van der Waals surface area contributed by atoms with Gasteiger partial charge in [-0.25, -0.2) is 4.98 Å². The normalized spacial score (nSPS) is 14.4. The van der Waals surface area contributed by atoms with Gasteiger partial charge in [0.15, 0.2) is 0 Å². The summed E-state index contributed by atoms with van der Waals surface area (Å²) in [5, 5.41) is 6.26. The van der Waals surface area contributed by atoms with E-state index >= 15 is 0 Å². The number of hydrogen-bond donors (Lipinski definition) is 2. The standard InChI is InChI=1S/C26H31N7O2/c1-3-19-8-10-20(11-9-19)17-27-25-29-26-28-21(16-24(34)33(26)30-25)18-31-12-14-32(15-13-31)22-6-4-5-7-23(22)35-2/h4-11,16H,3,12-15,17-18H2,1-2H3,(H2,27,28,29,30). The van der Waals surface area contributed by atoms with Crippen molar-refractivity contribution in [1.29, 1.82) is 0 Å². The third-order valence-corrected chi connectivity index (χ3v) is 6.46. The number of nitrogens with zero attached hydrogens (tertiary/aromatic N) is 5. The highest BCUT2D eigenvalue weighted by Gasteiger charge is 2.20. The Kier molecular flexibility index (Phi) is 6.67. The molecule has 0 aliphatic carbocycles. The molecule has 2 aromatic carbocycles. The van der Waals surface area contributed by atoms with Gasteiger partial charge >= 0.3 is 0 Å². The number of nitrogens with one attached hydrogen (secondary N) is 2.